The molecule has 0 aliphatic carbocycles. The zero-order chi connectivity index (χ0) is 10.0. The fraction of sp³-hybridized carbons (Fsp3) is 0.333. The quantitative estimate of drug-likeness (QED) is 0.766. The van der Waals surface area contributed by atoms with Gasteiger partial charge in [-0.2, -0.15) is 0 Å². The Labute approximate surface area is 82.8 Å². The standard InChI is InChI=1S/C9H12NO3P/c1-2-10-14(11)12-7-8-5-3-4-6-9(8)13-14/h3-6H,2,7H2,1H3,(H,10,11). The predicted molar refractivity (Wildman–Crippen MR) is 53.1 cm³/mol. The first-order chi connectivity index (χ1) is 6.73. The van der Waals surface area contributed by atoms with Gasteiger partial charge >= 0.3 is 7.75 Å². The van der Waals surface area contributed by atoms with Crippen LogP contribution in [0.3, 0.4) is 0 Å². The van der Waals surface area contributed by atoms with Crippen molar-refractivity contribution in [1.82, 2.24) is 5.09 Å². The number of hydrogen-bond donors (Lipinski definition) is 1. The number of para-hydroxylation sites is 1. The van der Waals surface area contributed by atoms with E-state index in [0.717, 1.165) is 5.56 Å². The van der Waals surface area contributed by atoms with Crippen molar-refractivity contribution in [2.45, 2.75) is 13.5 Å². The van der Waals surface area contributed by atoms with Crippen LogP contribution in [0.4, 0.5) is 0 Å². The summed E-state index contributed by atoms with van der Waals surface area (Å²) < 4.78 is 22.3. The third-order valence-corrected chi connectivity index (χ3v) is 3.54. The van der Waals surface area contributed by atoms with Crippen molar-refractivity contribution in [3.63, 3.8) is 0 Å². The van der Waals surface area contributed by atoms with Gasteiger partial charge in [-0.3, -0.25) is 4.52 Å². The maximum atomic E-state index is 11.8. The minimum absolute atomic E-state index is 0.334. The molecule has 0 saturated carbocycles. The summed E-state index contributed by atoms with van der Waals surface area (Å²) in [6.45, 7) is 2.74. The third kappa shape index (κ3) is 1.82. The van der Waals surface area contributed by atoms with Crippen LogP contribution in [-0.2, 0) is 15.7 Å². The smallest absolute Gasteiger partial charge is 0.413 e. The molecule has 1 atom stereocenters. The molecule has 1 N–H and O–H groups in total. The molecule has 0 aromatic heterocycles. The van der Waals surface area contributed by atoms with Gasteiger partial charge in [0.1, 0.15) is 5.75 Å². The van der Waals surface area contributed by atoms with E-state index in [1.165, 1.54) is 0 Å². The van der Waals surface area contributed by atoms with E-state index in [9.17, 15) is 4.57 Å². The number of hydrogen-bond acceptors (Lipinski definition) is 3. The molecule has 1 aliphatic rings. The van der Waals surface area contributed by atoms with Crippen molar-refractivity contribution in [3.8, 4) is 5.75 Å². The molecule has 0 amide bonds. The lowest BCUT2D eigenvalue weighted by atomic mass is 10.2. The predicted octanol–water partition coefficient (Wildman–Crippen LogP) is 2.31. The summed E-state index contributed by atoms with van der Waals surface area (Å²) in [6.07, 6.45) is 0. The zero-order valence-corrected chi connectivity index (χ0v) is 8.79. The van der Waals surface area contributed by atoms with Crippen LogP contribution >= 0.6 is 7.75 Å². The Morgan fingerprint density at radius 1 is 1.50 bits per heavy atom. The van der Waals surface area contributed by atoms with Gasteiger partial charge in [0.25, 0.3) is 0 Å². The molecule has 1 aromatic carbocycles. The lowest BCUT2D eigenvalue weighted by Crippen LogP contribution is -2.19. The van der Waals surface area contributed by atoms with Crippen LogP contribution in [0.5, 0.6) is 5.75 Å². The highest BCUT2D eigenvalue weighted by molar-refractivity contribution is 7.52. The Balaban J connectivity index is 2.25. The molecule has 14 heavy (non-hydrogen) atoms. The monoisotopic (exact) mass is 213 g/mol. The van der Waals surface area contributed by atoms with Crippen LogP contribution in [0, 0.1) is 0 Å². The second kappa shape index (κ2) is 3.73. The molecule has 1 unspecified atom stereocenters. The molecule has 0 fully saturated rings. The Morgan fingerprint density at radius 3 is 3.07 bits per heavy atom. The first kappa shape index (κ1) is 9.71. The SMILES string of the molecule is CCNP1(=O)OCc2ccccc2O1. The van der Waals surface area contributed by atoms with Crippen LogP contribution in [-0.4, -0.2) is 6.54 Å². The molecule has 76 valence electrons. The summed E-state index contributed by atoms with van der Waals surface area (Å²) in [4.78, 5) is 0. The molecule has 1 aliphatic heterocycles. The van der Waals surface area contributed by atoms with Crippen molar-refractivity contribution in [2.75, 3.05) is 6.54 Å². The van der Waals surface area contributed by atoms with Crippen molar-refractivity contribution in [3.05, 3.63) is 29.8 Å². The first-order valence-electron chi connectivity index (χ1n) is 4.51. The fourth-order valence-corrected chi connectivity index (χ4v) is 2.64. The summed E-state index contributed by atoms with van der Waals surface area (Å²) in [5.41, 5.74) is 0.928. The summed E-state index contributed by atoms with van der Waals surface area (Å²) in [5.74, 6) is 0.642. The summed E-state index contributed by atoms with van der Waals surface area (Å²) in [7, 11) is -3.10. The highest BCUT2D eigenvalue weighted by Gasteiger charge is 2.30. The molecular formula is C9H12NO3P. The summed E-state index contributed by atoms with van der Waals surface area (Å²) in [5, 5.41) is 2.71. The van der Waals surface area contributed by atoms with Gasteiger partial charge in [0.2, 0.25) is 0 Å². The summed E-state index contributed by atoms with van der Waals surface area (Å²) in [6, 6.07) is 7.43. The lowest BCUT2D eigenvalue weighted by Gasteiger charge is -2.25. The largest absolute Gasteiger partial charge is 0.459 e. The van der Waals surface area contributed by atoms with Crippen LogP contribution in [0.25, 0.3) is 0 Å². The van der Waals surface area contributed by atoms with Crippen LogP contribution in [0.15, 0.2) is 24.3 Å². The molecule has 4 nitrogen and oxygen atoms in total. The maximum Gasteiger partial charge on any atom is 0.459 e. The second-order valence-electron chi connectivity index (χ2n) is 2.98. The lowest BCUT2D eigenvalue weighted by molar-refractivity contribution is 0.224. The van der Waals surface area contributed by atoms with Gasteiger partial charge in [0.05, 0.1) is 6.61 Å². The minimum atomic E-state index is -3.10. The molecule has 0 saturated heterocycles. The molecule has 1 heterocycles. The van der Waals surface area contributed by atoms with E-state index >= 15 is 0 Å². The zero-order valence-electron chi connectivity index (χ0n) is 7.90. The van der Waals surface area contributed by atoms with Crippen molar-refractivity contribution in [1.29, 1.82) is 0 Å². The van der Waals surface area contributed by atoms with Crippen LogP contribution < -0.4 is 9.61 Å². The molecule has 5 heteroatoms. The third-order valence-electron chi connectivity index (χ3n) is 1.93. The van der Waals surface area contributed by atoms with E-state index in [1.807, 2.05) is 25.1 Å². The Morgan fingerprint density at radius 2 is 2.29 bits per heavy atom. The number of benzene rings is 1. The van der Waals surface area contributed by atoms with Crippen molar-refractivity contribution >= 4 is 7.75 Å². The van der Waals surface area contributed by atoms with E-state index in [4.69, 9.17) is 9.05 Å². The van der Waals surface area contributed by atoms with Gasteiger partial charge in [-0.1, -0.05) is 25.1 Å². The number of nitrogens with one attached hydrogen (secondary N) is 1. The average molecular weight is 213 g/mol. The fourth-order valence-electron chi connectivity index (χ4n) is 1.29. The molecule has 1 aromatic rings. The van der Waals surface area contributed by atoms with E-state index in [2.05, 4.69) is 5.09 Å². The van der Waals surface area contributed by atoms with Crippen LogP contribution in [0.2, 0.25) is 0 Å². The first-order valence-corrected chi connectivity index (χ1v) is 6.05. The minimum Gasteiger partial charge on any atom is -0.413 e. The van der Waals surface area contributed by atoms with Gasteiger partial charge in [-0.05, 0) is 6.07 Å². The molecule has 0 spiro atoms. The Kier molecular flexibility index (Phi) is 2.59. The van der Waals surface area contributed by atoms with E-state index in [0.29, 0.717) is 18.9 Å². The maximum absolute atomic E-state index is 11.8. The number of fused-ring (bicyclic) bond motifs is 1. The normalized spacial score (nSPS) is 25.2. The van der Waals surface area contributed by atoms with Crippen molar-refractivity contribution in [2.24, 2.45) is 0 Å². The van der Waals surface area contributed by atoms with Gasteiger partial charge in [0, 0.05) is 12.1 Å². The van der Waals surface area contributed by atoms with E-state index < -0.39 is 7.75 Å². The van der Waals surface area contributed by atoms with E-state index in [1.54, 1.807) is 6.07 Å². The number of rotatable bonds is 2. The van der Waals surface area contributed by atoms with E-state index in [-0.39, 0.29) is 0 Å². The second-order valence-corrected chi connectivity index (χ2v) is 4.73. The van der Waals surface area contributed by atoms with Gasteiger partial charge in [0.15, 0.2) is 0 Å². The molecule has 0 radical (unpaired) electrons. The van der Waals surface area contributed by atoms with Gasteiger partial charge in [-0.25, -0.2) is 9.65 Å². The van der Waals surface area contributed by atoms with Crippen molar-refractivity contribution < 1.29 is 13.6 Å². The average Bonchev–Trinajstić information content (AvgIpc) is 2.17. The molecular weight excluding hydrogens is 201 g/mol. The Hall–Kier alpha value is -0.830. The topological polar surface area (TPSA) is 47.6 Å². The highest BCUT2D eigenvalue weighted by Crippen LogP contribution is 2.49. The summed E-state index contributed by atoms with van der Waals surface area (Å²) >= 11 is 0. The molecule has 2 rings (SSSR count). The van der Waals surface area contributed by atoms with Gasteiger partial charge in [-0.15, -0.1) is 0 Å². The van der Waals surface area contributed by atoms with Gasteiger partial charge < -0.3 is 4.52 Å². The Bertz CT molecular complexity index is 380. The molecule has 0 bridgehead atoms. The highest BCUT2D eigenvalue weighted by atomic mass is 31.2. The van der Waals surface area contributed by atoms with Crippen LogP contribution in [0.1, 0.15) is 12.5 Å².